The van der Waals surface area contributed by atoms with Gasteiger partial charge in [-0.1, -0.05) is 87.2 Å². The maximum Gasteiger partial charge on any atom is 0.0888 e. The molecule has 0 heterocycles. The molecular formula is C18H35BrO. The van der Waals surface area contributed by atoms with Gasteiger partial charge in [-0.15, -0.1) is 0 Å². The molecule has 0 aliphatic carbocycles. The summed E-state index contributed by atoms with van der Waals surface area (Å²) in [6.45, 7) is 7.15. The molecule has 0 bridgehead atoms. The molecule has 0 aromatic carbocycles. The first-order chi connectivity index (χ1) is 9.81. The summed E-state index contributed by atoms with van der Waals surface area (Å²) in [5.74, 6) is 0.997. The summed E-state index contributed by atoms with van der Waals surface area (Å²) in [6, 6.07) is 0. The van der Waals surface area contributed by atoms with E-state index in [0.29, 0.717) is 0 Å². The molecule has 0 atom stereocenters. The molecule has 0 aromatic rings. The van der Waals surface area contributed by atoms with Gasteiger partial charge in [0.25, 0.3) is 0 Å². The lowest BCUT2D eigenvalue weighted by molar-refractivity contribution is 0.195. The van der Waals surface area contributed by atoms with Gasteiger partial charge < -0.3 is 4.74 Å². The van der Waals surface area contributed by atoms with Crippen LogP contribution in [0.25, 0.3) is 0 Å². The van der Waals surface area contributed by atoms with E-state index in [-0.39, 0.29) is 0 Å². The molecule has 120 valence electrons. The van der Waals surface area contributed by atoms with Crippen LogP contribution in [0.5, 0.6) is 0 Å². The summed E-state index contributed by atoms with van der Waals surface area (Å²) in [7, 11) is 0. The number of rotatable bonds is 16. The third-order valence-corrected chi connectivity index (χ3v) is 4.20. The molecular weight excluding hydrogens is 312 g/mol. The van der Waals surface area contributed by atoms with Crippen LogP contribution >= 0.6 is 15.9 Å². The summed E-state index contributed by atoms with van der Waals surface area (Å²) in [5.41, 5.74) is 0. The van der Waals surface area contributed by atoms with Crippen LogP contribution < -0.4 is 0 Å². The monoisotopic (exact) mass is 346 g/mol. The minimum absolute atomic E-state index is 0.871. The first kappa shape index (κ1) is 20.0. The van der Waals surface area contributed by atoms with E-state index >= 15 is 0 Å². The van der Waals surface area contributed by atoms with Gasteiger partial charge in [0.05, 0.1) is 12.4 Å². The van der Waals surface area contributed by atoms with Crippen LogP contribution in [0.1, 0.15) is 90.4 Å². The van der Waals surface area contributed by atoms with Gasteiger partial charge in [-0.2, -0.15) is 0 Å². The Labute approximate surface area is 135 Å². The predicted octanol–water partition coefficient (Wildman–Crippen LogP) is 7.00. The van der Waals surface area contributed by atoms with E-state index in [1.54, 1.807) is 0 Å². The molecule has 0 rings (SSSR count). The molecule has 0 saturated carbocycles. The lowest BCUT2D eigenvalue weighted by atomic mass is 10.1. The van der Waals surface area contributed by atoms with Gasteiger partial charge in [-0.05, 0) is 19.3 Å². The lowest BCUT2D eigenvalue weighted by Crippen LogP contribution is -1.95. The number of alkyl halides is 1. The zero-order valence-electron chi connectivity index (χ0n) is 13.6. The van der Waals surface area contributed by atoms with Crippen LogP contribution in [0, 0.1) is 0 Å². The van der Waals surface area contributed by atoms with Crippen LogP contribution in [0.2, 0.25) is 0 Å². The molecule has 1 nitrogen and oxygen atoms in total. The van der Waals surface area contributed by atoms with Crippen LogP contribution in [-0.2, 0) is 4.74 Å². The smallest absolute Gasteiger partial charge is 0.0888 e. The van der Waals surface area contributed by atoms with Crippen molar-refractivity contribution in [3.63, 3.8) is 0 Å². The molecule has 0 saturated heterocycles. The van der Waals surface area contributed by atoms with Gasteiger partial charge >= 0.3 is 0 Å². The van der Waals surface area contributed by atoms with Crippen molar-refractivity contribution in [2.24, 2.45) is 0 Å². The Balaban J connectivity index is 3.12. The number of hydrogen-bond donors (Lipinski definition) is 0. The average molecular weight is 347 g/mol. The highest BCUT2D eigenvalue weighted by molar-refractivity contribution is 9.09. The number of unbranched alkanes of at least 4 members (excludes halogenated alkanes) is 10. The zero-order chi connectivity index (χ0) is 14.9. The van der Waals surface area contributed by atoms with E-state index in [4.69, 9.17) is 4.74 Å². The second-order valence-electron chi connectivity index (χ2n) is 5.72. The number of ether oxygens (including phenoxy) is 1. The molecule has 0 N–H and O–H groups in total. The SMILES string of the molecule is C=C(CCCCCCCBr)OCCCCCCCCC. The summed E-state index contributed by atoms with van der Waals surface area (Å²) in [4.78, 5) is 0. The molecule has 0 aliphatic heterocycles. The average Bonchev–Trinajstić information content (AvgIpc) is 2.45. The summed E-state index contributed by atoms with van der Waals surface area (Å²) in [5, 5.41) is 1.14. The van der Waals surface area contributed by atoms with Gasteiger partial charge in [-0.3, -0.25) is 0 Å². The van der Waals surface area contributed by atoms with Crippen molar-refractivity contribution in [2.45, 2.75) is 90.4 Å². The Hall–Kier alpha value is 0.0200. The van der Waals surface area contributed by atoms with Crippen LogP contribution in [0.3, 0.4) is 0 Å². The van der Waals surface area contributed by atoms with E-state index in [0.717, 1.165) is 24.1 Å². The highest BCUT2D eigenvalue weighted by Gasteiger charge is 1.97. The predicted molar refractivity (Wildman–Crippen MR) is 94.6 cm³/mol. The third-order valence-electron chi connectivity index (χ3n) is 3.64. The molecule has 0 aromatic heterocycles. The van der Waals surface area contributed by atoms with E-state index in [1.165, 1.54) is 77.0 Å². The van der Waals surface area contributed by atoms with Crippen molar-refractivity contribution >= 4 is 15.9 Å². The van der Waals surface area contributed by atoms with E-state index in [2.05, 4.69) is 29.4 Å². The Bertz CT molecular complexity index is 204. The second kappa shape index (κ2) is 17.1. The normalized spacial score (nSPS) is 10.7. The van der Waals surface area contributed by atoms with Crippen LogP contribution in [-0.4, -0.2) is 11.9 Å². The van der Waals surface area contributed by atoms with E-state index in [9.17, 15) is 0 Å². The number of halogens is 1. The molecule has 0 amide bonds. The first-order valence-electron chi connectivity index (χ1n) is 8.67. The molecule has 0 spiro atoms. The summed E-state index contributed by atoms with van der Waals surface area (Å²) in [6.07, 6.45) is 17.0. The minimum Gasteiger partial charge on any atom is -0.499 e. The van der Waals surface area contributed by atoms with Crippen molar-refractivity contribution in [1.29, 1.82) is 0 Å². The maximum atomic E-state index is 5.70. The molecule has 2 heteroatoms. The number of allylic oxidation sites excluding steroid dienone is 1. The highest BCUT2D eigenvalue weighted by Crippen LogP contribution is 2.12. The standard InChI is InChI=1S/C18H35BrO/c1-3-4-5-6-7-11-14-17-20-18(2)15-12-9-8-10-13-16-19/h2-17H2,1H3. The van der Waals surface area contributed by atoms with E-state index in [1.807, 2.05) is 0 Å². The molecule has 20 heavy (non-hydrogen) atoms. The first-order valence-corrected chi connectivity index (χ1v) is 9.80. The lowest BCUT2D eigenvalue weighted by Gasteiger charge is -2.09. The topological polar surface area (TPSA) is 9.23 Å². The largest absolute Gasteiger partial charge is 0.499 e. The maximum absolute atomic E-state index is 5.70. The fourth-order valence-electron chi connectivity index (χ4n) is 2.29. The van der Waals surface area contributed by atoms with Gasteiger partial charge in [0.15, 0.2) is 0 Å². The fourth-order valence-corrected chi connectivity index (χ4v) is 2.69. The van der Waals surface area contributed by atoms with Crippen LogP contribution in [0.15, 0.2) is 12.3 Å². The summed E-state index contributed by atoms with van der Waals surface area (Å²) < 4.78 is 5.70. The van der Waals surface area contributed by atoms with Crippen LogP contribution in [0.4, 0.5) is 0 Å². The third kappa shape index (κ3) is 16.1. The van der Waals surface area contributed by atoms with Gasteiger partial charge in [0, 0.05) is 11.8 Å². The minimum atomic E-state index is 0.871. The molecule has 0 fully saturated rings. The summed E-state index contributed by atoms with van der Waals surface area (Å²) >= 11 is 3.47. The van der Waals surface area contributed by atoms with Gasteiger partial charge in [-0.25, -0.2) is 0 Å². The Morgan fingerprint density at radius 2 is 1.35 bits per heavy atom. The fraction of sp³-hybridized carbons (Fsp3) is 0.889. The zero-order valence-corrected chi connectivity index (χ0v) is 15.2. The quantitative estimate of drug-likeness (QED) is 0.166. The van der Waals surface area contributed by atoms with Crippen molar-refractivity contribution in [3.05, 3.63) is 12.3 Å². The Kier molecular flexibility index (Phi) is 17.1. The highest BCUT2D eigenvalue weighted by atomic mass is 79.9. The molecule has 0 unspecified atom stereocenters. The molecule has 0 aliphatic rings. The van der Waals surface area contributed by atoms with E-state index < -0.39 is 0 Å². The van der Waals surface area contributed by atoms with Crippen molar-refractivity contribution < 1.29 is 4.74 Å². The van der Waals surface area contributed by atoms with Crippen molar-refractivity contribution in [3.8, 4) is 0 Å². The van der Waals surface area contributed by atoms with Crippen molar-refractivity contribution in [1.82, 2.24) is 0 Å². The second-order valence-corrected chi connectivity index (χ2v) is 6.51. The van der Waals surface area contributed by atoms with Gasteiger partial charge in [0.2, 0.25) is 0 Å². The van der Waals surface area contributed by atoms with Crippen molar-refractivity contribution in [2.75, 3.05) is 11.9 Å². The number of hydrogen-bond acceptors (Lipinski definition) is 1. The Morgan fingerprint density at radius 1 is 0.800 bits per heavy atom. The van der Waals surface area contributed by atoms with Gasteiger partial charge in [0.1, 0.15) is 0 Å². The Morgan fingerprint density at radius 3 is 2.00 bits per heavy atom. The molecule has 0 radical (unpaired) electrons.